The van der Waals surface area contributed by atoms with E-state index in [1.165, 1.54) is 12.2 Å². The highest BCUT2D eigenvalue weighted by Gasteiger charge is 2.06. The van der Waals surface area contributed by atoms with Gasteiger partial charge in [-0.15, -0.1) is 0 Å². The van der Waals surface area contributed by atoms with E-state index in [-0.39, 0.29) is 19.3 Å². The van der Waals surface area contributed by atoms with Gasteiger partial charge in [0, 0.05) is 0 Å². The fraction of sp³-hybridized carbons (Fsp3) is 0.500. The Kier molecular flexibility index (Phi) is 5.54. The Morgan fingerprint density at radius 2 is 1.77 bits per heavy atom. The van der Waals surface area contributed by atoms with E-state index in [1.807, 2.05) is 0 Å². The number of aliphatic hydroxyl groups excluding tert-OH is 1. The van der Waals surface area contributed by atoms with Gasteiger partial charge < -0.3 is 15.3 Å². The number of rotatable bonds is 6. The molecular weight excluding hydrogens is 176 g/mol. The largest absolute Gasteiger partial charge is 0.481 e. The third-order valence-electron chi connectivity index (χ3n) is 1.28. The summed E-state index contributed by atoms with van der Waals surface area (Å²) < 4.78 is 0. The van der Waals surface area contributed by atoms with Crippen molar-refractivity contribution in [2.45, 2.75) is 25.4 Å². The normalized spacial score (nSPS) is 13.0. The molecule has 0 aliphatic rings. The zero-order chi connectivity index (χ0) is 10.3. The molecule has 0 saturated heterocycles. The quantitative estimate of drug-likeness (QED) is 0.519. The molecule has 0 bridgehead atoms. The van der Waals surface area contributed by atoms with Crippen LogP contribution in [-0.4, -0.2) is 33.4 Å². The first kappa shape index (κ1) is 11.6. The van der Waals surface area contributed by atoms with Crippen molar-refractivity contribution in [3.63, 3.8) is 0 Å². The van der Waals surface area contributed by atoms with E-state index in [1.54, 1.807) is 0 Å². The fourth-order valence-electron chi connectivity index (χ4n) is 0.722. The molecular formula is C8H12O5. The van der Waals surface area contributed by atoms with Crippen LogP contribution in [0.15, 0.2) is 12.2 Å². The molecule has 3 N–H and O–H groups in total. The van der Waals surface area contributed by atoms with Crippen molar-refractivity contribution in [3.05, 3.63) is 12.2 Å². The molecule has 0 aliphatic carbocycles. The molecule has 1 unspecified atom stereocenters. The molecule has 74 valence electrons. The van der Waals surface area contributed by atoms with E-state index in [9.17, 15) is 9.59 Å². The van der Waals surface area contributed by atoms with Crippen LogP contribution in [0, 0.1) is 0 Å². The topological polar surface area (TPSA) is 94.8 Å². The molecule has 5 nitrogen and oxygen atoms in total. The van der Waals surface area contributed by atoms with Crippen LogP contribution >= 0.6 is 0 Å². The number of aliphatic hydroxyl groups is 1. The van der Waals surface area contributed by atoms with Crippen molar-refractivity contribution in [2.75, 3.05) is 0 Å². The van der Waals surface area contributed by atoms with Crippen molar-refractivity contribution in [1.82, 2.24) is 0 Å². The molecule has 0 amide bonds. The minimum absolute atomic E-state index is 0.111. The Balaban J connectivity index is 3.56. The third kappa shape index (κ3) is 8.55. The van der Waals surface area contributed by atoms with Crippen LogP contribution in [0.5, 0.6) is 0 Å². The van der Waals surface area contributed by atoms with E-state index >= 15 is 0 Å². The lowest BCUT2D eigenvalue weighted by molar-refractivity contribution is -0.139. The lowest BCUT2D eigenvalue weighted by atomic mass is 10.2. The highest BCUT2D eigenvalue weighted by Crippen LogP contribution is 1.99. The lowest BCUT2D eigenvalue weighted by Crippen LogP contribution is -2.11. The Bertz CT molecular complexity index is 209. The number of carboxylic acids is 2. The molecule has 0 fully saturated rings. The molecule has 0 spiro atoms. The van der Waals surface area contributed by atoms with Gasteiger partial charge in [0.05, 0.1) is 18.9 Å². The van der Waals surface area contributed by atoms with Crippen LogP contribution < -0.4 is 0 Å². The molecule has 0 saturated carbocycles. The lowest BCUT2D eigenvalue weighted by Gasteiger charge is -2.02. The van der Waals surface area contributed by atoms with Crippen LogP contribution in [0.4, 0.5) is 0 Å². The summed E-state index contributed by atoms with van der Waals surface area (Å²) in [6, 6.07) is 0. The Labute approximate surface area is 75.3 Å². The highest BCUT2D eigenvalue weighted by molar-refractivity contribution is 5.68. The van der Waals surface area contributed by atoms with Crippen molar-refractivity contribution >= 4 is 11.9 Å². The molecule has 13 heavy (non-hydrogen) atoms. The van der Waals surface area contributed by atoms with Gasteiger partial charge in [-0.05, 0) is 6.42 Å². The summed E-state index contributed by atoms with van der Waals surface area (Å²) in [7, 11) is 0. The van der Waals surface area contributed by atoms with Gasteiger partial charge in [0.1, 0.15) is 0 Å². The van der Waals surface area contributed by atoms with Crippen LogP contribution in [0.1, 0.15) is 19.3 Å². The first-order valence-electron chi connectivity index (χ1n) is 3.79. The van der Waals surface area contributed by atoms with Crippen molar-refractivity contribution in [2.24, 2.45) is 0 Å². The maximum atomic E-state index is 10.1. The number of aliphatic carboxylic acids is 2. The smallest absolute Gasteiger partial charge is 0.307 e. The predicted molar refractivity (Wildman–Crippen MR) is 44.3 cm³/mol. The van der Waals surface area contributed by atoms with Gasteiger partial charge in [0.15, 0.2) is 0 Å². The van der Waals surface area contributed by atoms with Crippen LogP contribution in [0.25, 0.3) is 0 Å². The molecule has 0 rings (SSSR count). The van der Waals surface area contributed by atoms with Crippen molar-refractivity contribution in [1.29, 1.82) is 0 Å². The zero-order valence-corrected chi connectivity index (χ0v) is 7.01. The van der Waals surface area contributed by atoms with Gasteiger partial charge in [-0.3, -0.25) is 9.59 Å². The second kappa shape index (κ2) is 6.19. The van der Waals surface area contributed by atoms with Gasteiger partial charge in [0.25, 0.3) is 0 Å². The number of carboxylic acid groups (broad SMARTS) is 2. The fourth-order valence-corrected chi connectivity index (χ4v) is 0.722. The zero-order valence-electron chi connectivity index (χ0n) is 7.01. The second-order valence-corrected chi connectivity index (χ2v) is 2.56. The SMILES string of the molecule is O=C(O)C/C=C/CC(O)CC(=O)O. The standard InChI is InChI=1S/C8H12O5/c9-6(5-8(12)13)3-1-2-4-7(10)11/h1-2,6,9H,3-5H2,(H,10,11)(H,12,13)/b2-1+. The minimum Gasteiger partial charge on any atom is -0.481 e. The molecule has 0 aromatic carbocycles. The second-order valence-electron chi connectivity index (χ2n) is 2.56. The Hall–Kier alpha value is -1.36. The molecule has 0 aromatic rings. The molecule has 5 heteroatoms. The van der Waals surface area contributed by atoms with Crippen LogP contribution in [-0.2, 0) is 9.59 Å². The first-order chi connectivity index (χ1) is 6.02. The Morgan fingerprint density at radius 3 is 2.23 bits per heavy atom. The summed E-state index contributed by atoms with van der Waals surface area (Å²) in [5, 5.41) is 25.5. The predicted octanol–water partition coefficient (Wildman–Crippen LogP) is 0.243. The minimum atomic E-state index is -1.07. The van der Waals surface area contributed by atoms with E-state index < -0.39 is 18.0 Å². The third-order valence-corrected chi connectivity index (χ3v) is 1.28. The number of hydrogen-bond donors (Lipinski definition) is 3. The van der Waals surface area contributed by atoms with Gasteiger partial charge >= 0.3 is 11.9 Å². The molecule has 0 radical (unpaired) electrons. The highest BCUT2D eigenvalue weighted by atomic mass is 16.4. The average Bonchev–Trinajstić information content (AvgIpc) is 1.96. The molecule has 1 atom stereocenters. The summed E-state index contributed by atoms with van der Waals surface area (Å²) >= 11 is 0. The summed E-state index contributed by atoms with van der Waals surface area (Å²) in [5.74, 6) is -2.02. The van der Waals surface area contributed by atoms with Crippen LogP contribution in [0.2, 0.25) is 0 Å². The summed E-state index contributed by atoms with van der Waals surface area (Å²) in [6.07, 6.45) is 1.63. The summed E-state index contributed by atoms with van der Waals surface area (Å²) in [4.78, 5) is 20.1. The summed E-state index contributed by atoms with van der Waals surface area (Å²) in [5.41, 5.74) is 0. The van der Waals surface area contributed by atoms with Crippen LogP contribution in [0.3, 0.4) is 0 Å². The number of carbonyl (C=O) groups is 2. The van der Waals surface area contributed by atoms with E-state index in [0.717, 1.165) is 0 Å². The first-order valence-corrected chi connectivity index (χ1v) is 3.79. The van der Waals surface area contributed by atoms with E-state index in [0.29, 0.717) is 0 Å². The average molecular weight is 188 g/mol. The maximum Gasteiger partial charge on any atom is 0.307 e. The van der Waals surface area contributed by atoms with Gasteiger partial charge in [0.2, 0.25) is 0 Å². The van der Waals surface area contributed by atoms with Crippen molar-refractivity contribution < 1.29 is 24.9 Å². The van der Waals surface area contributed by atoms with Gasteiger partial charge in [-0.2, -0.15) is 0 Å². The molecule has 0 heterocycles. The van der Waals surface area contributed by atoms with Crippen molar-refractivity contribution in [3.8, 4) is 0 Å². The molecule has 0 aromatic heterocycles. The summed E-state index contributed by atoms with van der Waals surface area (Å²) in [6.45, 7) is 0. The van der Waals surface area contributed by atoms with E-state index in [4.69, 9.17) is 15.3 Å². The van der Waals surface area contributed by atoms with Gasteiger partial charge in [-0.1, -0.05) is 12.2 Å². The van der Waals surface area contributed by atoms with Gasteiger partial charge in [-0.25, -0.2) is 0 Å². The number of hydrogen-bond acceptors (Lipinski definition) is 3. The maximum absolute atomic E-state index is 10.1. The monoisotopic (exact) mass is 188 g/mol. The Morgan fingerprint density at radius 1 is 1.15 bits per heavy atom. The molecule has 0 aliphatic heterocycles. The van der Waals surface area contributed by atoms with E-state index in [2.05, 4.69) is 0 Å².